The lowest BCUT2D eigenvalue weighted by Crippen LogP contribution is -2.54. The molecule has 1 heterocycles. The number of hydrogen-bond donors (Lipinski definition) is 2. The molecule has 0 atom stereocenters. The van der Waals surface area contributed by atoms with Gasteiger partial charge in [-0.05, 0) is 62.4 Å². The van der Waals surface area contributed by atoms with Gasteiger partial charge in [0.2, 0.25) is 5.91 Å². The van der Waals surface area contributed by atoms with Crippen molar-refractivity contribution >= 4 is 46.4 Å². The Labute approximate surface area is 200 Å². The molecule has 0 aromatic heterocycles. The van der Waals surface area contributed by atoms with E-state index in [-0.39, 0.29) is 22.8 Å². The molecule has 1 aliphatic heterocycles. The molecule has 34 heavy (non-hydrogen) atoms. The number of hydrogen-bond acceptors (Lipinski definition) is 4. The molecule has 0 radical (unpaired) electrons. The highest BCUT2D eigenvalue weighted by Gasteiger charge is 2.41. The summed E-state index contributed by atoms with van der Waals surface area (Å²) in [7, 11) is 0. The van der Waals surface area contributed by atoms with Crippen LogP contribution in [0, 0.1) is 5.82 Å². The monoisotopic (exact) mass is 481 g/mol. The summed E-state index contributed by atoms with van der Waals surface area (Å²) >= 11 is 5.78. The van der Waals surface area contributed by atoms with E-state index in [1.165, 1.54) is 29.2 Å². The molecular formula is C25H21ClFN3O4. The maximum absolute atomic E-state index is 13.4. The number of benzene rings is 3. The lowest BCUT2D eigenvalue weighted by molar-refractivity contribution is -0.133. The summed E-state index contributed by atoms with van der Waals surface area (Å²) in [6.45, 7) is 2.95. The van der Waals surface area contributed by atoms with Gasteiger partial charge in [0, 0.05) is 16.9 Å². The Balaban J connectivity index is 1.60. The number of halogens is 2. The number of ether oxygens (including phenoxy) is 1. The van der Waals surface area contributed by atoms with Gasteiger partial charge in [-0.2, -0.15) is 0 Å². The van der Waals surface area contributed by atoms with Crippen LogP contribution >= 0.6 is 11.6 Å². The molecule has 0 bridgehead atoms. The number of carbonyl (C=O) groups is 3. The van der Waals surface area contributed by atoms with Crippen LogP contribution in [0.5, 0.6) is 5.75 Å². The Morgan fingerprint density at radius 2 is 1.74 bits per heavy atom. The maximum atomic E-state index is 13.4. The zero-order valence-corrected chi connectivity index (χ0v) is 19.2. The molecule has 0 aliphatic carbocycles. The van der Waals surface area contributed by atoms with Crippen molar-refractivity contribution in [2.24, 2.45) is 0 Å². The standard InChI is InChI=1S/C25H21ClFN3O4/c1-25(2)24(33)30(14-22(31)28-16-6-4-3-5-7-16)20-12-15(8-11-21(20)34-25)23(32)29-17-9-10-19(27)18(26)13-17/h3-13H,14H2,1-2H3,(H,28,31)(H,29,32). The molecule has 174 valence electrons. The van der Waals surface area contributed by atoms with Gasteiger partial charge in [-0.1, -0.05) is 29.8 Å². The van der Waals surface area contributed by atoms with Crippen molar-refractivity contribution in [1.82, 2.24) is 0 Å². The predicted molar refractivity (Wildman–Crippen MR) is 128 cm³/mol. The van der Waals surface area contributed by atoms with Crippen molar-refractivity contribution in [3.05, 3.63) is 83.1 Å². The summed E-state index contributed by atoms with van der Waals surface area (Å²) in [6.07, 6.45) is 0. The number of fused-ring (bicyclic) bond motifs is 1. The predicted octanol–water partition coefficient (Wildman–Crippen LogP) is 4.87. The SMILES string of the molecule is CC1(C)Oc2ccc(C(=O)Nc3ccc(F)c(Cl)c3)cc2N(CC(=O)Nc2ccccc2)C1=O. The third-order valence-corrected chi connectivity index (χ3v) is 5.46. The van der Waals surface area contributed by atoms with Crippen molar-refractivity contribution in [2.75, 3.05) is 22.1 Å². The first kappa shape index (κ1) is 23.3. The molecular weight excluding hydrogens is 461 g/mol. The molecule has 3 aromatic carbocycles. The van der Waals surface area contributed by atoms with Gasteiger partial charge in [0.25, 0.3) is 11.8 Å². The van der Waals surface area contributed by atoms with Gasteiger partial charge in [0.1, 0.15) is 18.1 Å². The van der Waals surface area contributed by atoms with E-state index in [1.54, 1.807) is 44.2 Å². The molecule has 9 heteroatoms. The summed E-state index contributed by atoms with van der Waals surface area (Å²) in [5.41, 5.74) is 0.204. The number of nitrogens with zero attached hydrogens (tertiary/aromatic N) is 1. The van der Waals surface area contributed by atoms with E-state index in [4.69, 9.17) is 16.3 Å². The minimum absolute atomic E-state index is 0.125. The fourth-order valence-electron chi connectivity index (χ4n) is 3.51. The highest BCUT2D eigenvalue weighted by atomic mass is 35.5. The van der Waals surface area contributed by atoms with Crippen molar-refractivity contribution in [3.8, 4) is 5.75 Å². The molecule has 3 aromatic rings. The molecule has 0 fully saturated rings. The van der Waals surface area contributed by atoms with Gasteiger partial charge >= 0.3 is 0 Å². The highest BCUT2D eigenvalue weighted by Crippen LogP contribution is 2.38. The third kappa shape index (κ3) is 4.87. The molecule has 2 N–H and O–H groups in total. The smallest absolute Gasteiger partial charge is 0.271 e. The molecule has 4 rings (SSSR count). The van der Waals surface area contributed by atoms with Gasteiger partial charge in [-0.25, -0.2) is 4.39 Å². The Morgan fingerprint density at radius 1 is 1.00 bits per heavy atom. The van der Waals surface area contributed by atoms with Crippen LogP contribution in [-0.4, -0.2) is 29.9 Å². The summed E-state index contributed by atoms with van der Waals surface area (Å²) in [4.78, 5) is 39.9. The van der Waals surface area contributed by atoms with Crippen molar-refractivity contribution < 1.29 is 23.5 Å². The second kappa shape index (κ2) is 9.15. The second-order valence-corrected chi connectivity index (χ2v) is 8.59. The van der Waals surface area contributed by atoms with E-state index in [2.05, 4.69) is 10.6 Å². The first-order valence-corrected chi connectivity index (χ1v) is 10.8. The minimum atomic E-state index is -1.20. The number of para-hydroxylation sites is 1. The Bertz CT molecular complexity index is 1280. The van der Waals surface area contributed by atoms with Crippen LogP contribution in [0.15, 0.2) is 66.7 Å². The first-order chi connectivity index (χ1) is 16.1. The normalized spacial score (nSPS) is 14.1. The van der Waals surface area contributed by atoms with Gasteiger partial charge in [-0.3, -0.25) is 19.3 Å². The van der Waals surface area contributed by atoms with Gasteiger partial charge in [0.15, 0.2) is 5.60 Å². The molecule has 0 saturated heterocycles. The average molecular weight is 482 g/mol. The largest absolute Gasteiger partial charge is 0.476 e. The van der Waals surface area contributed by atoms with Crippen molar-refractivity contribution in [1.29, 1.82) is 0 Å². The van der Waals surface area contributed by atoms with E-state index < -0.39 is 29.1 Å². The topological polar surface area (TPSA) is 87.7 Å². The minimum Gasteiger partial charge on any atom is -0.476 e. The molecule has 7 nitrogen and oxygen atoms in total. The van der Waals surface area contributed by atoms with E-state index in [1.807, 2.05) is 6.07 Å². The molecule has 0 unspecified atom stereocenters. The second-order valence-electron chi connectivity index (χ2n) is 8.18. The number of carbonyl (C=O) groups excluding carboxylic acids is 3. The Hall–Kier alpha value is -3.91. The van der Waals surface area contributed by atoms with E-state index in [0.29, 0.717) is 17.1 Å². The number of rotatable bonds is 5. The number of amides is 3. The zero-order chi connectivity index (χ0) is 24.5. The third-order valence-electron chi connectivity index (χ3n) is 5.17. The lowest BCUT2D eigenvalue weighted by atomic mass is 10.0. The van der Waals surface area contributed by atoms with E-state index in [9.17, 15) is 18.8 Å². The lowest BCUT2D eigenvalue weighted by Gasteiger charge is -2.38. The van der Waals surface area contributed by atoms with E-state index in [0.717, 1.165) is 6.07 Å². The van der Waals surface area contributed by atoms with Crippen LogP contribution in [0.1, 0.15) is 24.2 Å². The van der Waals surface area contributed by atoms with Crippen LogP contribution < -0.4 is 20.3 Å². The fourth-order valence-corrected chi connectivity index (χ4v) is 3.69. The van der Waals surface area contributed by atoms with Gasteiger partial charge < -0.3 is 15.4 Å². The van der Waals surface area contributed by atoms with E-state index >= 15 is 0 Å². The molecule has 1 aliphatic rings. The summed E-state index contributed by atoms with van der Waals surface area (Å²) in [5.74, 6) is -1.57. The summed E-state index contributed by atoms with van der Waals surface area (Å²) in [5, 5.41) is 5.26. The highest BCUT2D eigenvalue weighted by molar-refractivity contribution is 6.31. The summed E-state index contributed by atoms with van der Waals surface area (Å²) < 4.78 is 19.2. The first-order valence-electron chi connectivity index (χ1n) is 10.4. The average Bonchev–Trinajstić information content (AvgIpc) is 2.79. The maximum Gasteiger partial charge on any atom is 0.271 e. The Kier molecular flexibility index (Phi) is 6.26. The zero-order valence-electron chi connectivity index (χ0n) is 18.4. The van der Waals surface area contributed by atoms with Crippen LogP contribution in [-0.2, 0) is 9.59 Å². The van der Waals surface area contributed by atoms with Crippen LogP contribution in [0.4, 0.5) is 21.5 Å². The van der Waals surface area contributed by atoms with Crippen LogP contribution in [0.3, 0.4) is 0 Å². The van der Waals surface area contributed by atoms with Crippen molar-refractivity contribution in [3.63, 3.8) is 0 Å². The number of nitrogens with one attached hydrogen (secondary N) is 2. The van der Waals surface area contributed by atoms with Crippen molar-refractivity contribution in [2.45, 2.75) is 19.4 Å². The molecule has 3 amide bonds. The van der Waals surface area contributed by atoms with Crippen LogP contribution in [0.2, 0.25) is 5.02 Å². The Morgan fingerprint density at radius 3 is 2.44 bits per heavy atom. The fraction of sp³-hybridized carbons (Fsp3) is 0.160. The molecule has 0 saturated carbocycles. The molecule has 0 spiro atoms. The van der Waals surface area contributed by atoms with Gasteiger partial charge in [0.05, 0.1) is 10.7 Å². The quantitative estimate of drug-likeness (QED) is 0.544. The summed E-state index contributed by atoms with van der Waals surface area (Å²) in [6, 6.07) is 17.3. The van der Waals surface area contributed by atoms with Gasteiger partial charge in [-0.15, -0.1) is 0 Å². The number of anilines is 3. The van der Waals surface area contributed by atoms with Crippen LogP contribution in [0.25, 0.3) is 0 Å².